The number of fused-ring (bicyclic) bond motifs is 10. The summed E-state index contributed by atoms with van der Waals surface area (Å²) in [6, 6.07) is 68.8. The monoisotopic (exact) mass is 823 g/mol. The number of allylic oxidation sites excluding steroid dienone is 6. The van der Waals surface area contributed by atoms with Crippen LogP contribution in [-0.2, 0) is 19.4 Å². The Morgan fingerprint density at radius 3 is 2.05 bits per heavy atom. The summed E-state index contributed by atoms with van der Waals surface area (Å²) >= 11 is 0. The predicted molar refractivity (Wildman–Crippen MR) is 272 cm³/mol. The maximum Gasteiger partial charge on any atom is 0.0619 e. The highest BCUT2D eigenvalue weighted by Gasteiger charge is 2.26. The topological polar surface area (TPSA) is 21.9 Å². The van der Waals surface area contributed by atoms with Gasteiger partial charge in [0.1, 0.15) is 0 Å². The third kappa shape index (κ3) is 7.15. The first kappa shape index (κ1) is 39.0. The van der Waals surface area contributed by atoms with E-state index in [1.807, 2.05) is 6.08 Å². The highest BCUT2D eigenvalue weighted by molar-refractivity contribution is 6.18. The molecule has 10 aromatic rings. The summed E-state index contributed by atoms with van der Waals surface area (Å²) in [6.45, 7) is 4.70. The zero-order chi connectivity index (χ0) is 42.8. The molecule has 3 heteroatoms. The molecule has 0 atom stereocenters. The molecule has 1 aliphatic carbocycles. The molecule has 1 aliphatic rings. The van der Waals surface area contributed by atoms with Gasteiger partial charge in [-0.2, -0.15) is 0 Å². The molecule has 0 unspecified atom stereocenters. The minimum atomic E-state index is 0.706. The Labute approximate surface area is 375 Å². The number of rotatable bonds is 12. The van der Waals surface area contributed by atoms with Crippen LogP contribution in [0, 0.1) is 0 Å². The summed E-state index contributed by atoms with van der Waals surface area (Å²) in [6.07, 6.45) is 14.7. The van der Waals surface area contributed by atoms with E-state index < -0.39 is 0 Å². The Bertz CT molecular complexity index is 3450. The maximum absolute atomic E-state index is 3.99. The van der Waals surface area contributed by atoms with E-state index >= 15 is 0 Å². The number of hydrogen-bond acceptors (Lipinski definition) is 1. The zero-order valence-electron chi connectivity index (χ0n) is 35.9. The molecule has 0 bridgehead atoms. The first-order chi connectivity index (χ1) is 31.7. The molecule has 8 aromatic carbocycles. The summed E-state index contributed by atoms with van der Waals surface area (Å²) in [5.74, 6) is 0. The Morgan fingerprint density at radius 1 is 0.562 bits per heavy atom. The van der Waals surface area contributed by atoms with Crippen molar-refractivity contribution in [2.45, 2.75) is 32.2 Å². The van der Waals surface area contributed by atoms with Crippen molar-refractivity contribution < 1.29 is 0 Å². The Kier molecular flexibility index (Phi) is 10.4. The average molecular weight is 824 g/mol. The summed E-state index contributed by atoms with van der Waals surface area (Å²) < 4.78 is 5.07. The van der Waals surface area contributed by atoms with E-state index in [2.05, 4.69) is 233 Å². The second kappa shape index (κ2) is 17.1. The van der Waals surface area contributed by atoms with Gasteiger partial charge >= 0.3 is 0 Å². The van der Waals surface area contributed by atoms with Crippen LogP contribution in [0.4, 0.5) is 0 Å². The molecule has 0 fully saturated rings. The first-order valence-electron chi connectivity index (χ1n) is 22.5. The molecule has 1 N–H and O–H groups in total. The smallest absolute Gasteiger partial charge is 0.0619 e. The molecule has 0 saturated heterocycles. The van der Waals surface area contributed by atoms with Crippen molar-refractivity contribution in [2.75, 3.05) is 0 Å². The van der Waals surface area contributed by atoms with Crippen LogP contribution < -0.4 is 5.32 Å². The van der Waals surface area contributed by atoms with Gasteiger partial charge in [-0.25, -0.2) is 0 Å². The van der Waals surface area contributed by atoms with Gasteiger partial charge in [-0.3, -0.25) is 0 Å². The van der Waals surface area contributed by atoms with Crippen LogP contribution in [0.1, 0.15) is 40.7 Å². The number of aryl methyl sites for hydroxylation is 2. The quantitative estimate of drug-likeness (QED) is 0.0962. The lowest BCUT2D eigenvalue weighted by Crippen LogP contribution is -2.13. The Balaban J connectivity index is 1.13. The van der Waals surface area contributed by atoms with Gasteiger partial charge in [-0.05, 0) is 89.2 Å². The van der Waals surface area contributed by atoms with Crippen LogP contribution in [0.25, 0.3) is 77.4 Å². The fraction of sp³-hybridized carbons (Fsp3) is 0.0820. The summed E-state index contributed by atoms with van der Waals surface area (Å²) in [5, 5.41) is 10.3. The van der Waals surface area contributed by atoms with E-state index in [4.69, 9.17) is 0 Å². The van der Waals surface area contributed by atoms with Crippen LogP contribution in [0.5, 0.6) is 0 Å². The molecule has 0 amide bonds. The molecule has 0 aliphatic heterocycles. The van der Waals surface area contributed by atoms with E-state index in [1.165, 1.54) is 77.0 Å². The van der Waals surface area contributed by atoms with Gasteiger partial charge in [-0.15, -0.1) is 0 Å². The molecule has 0 spiro atoms. The van der Waals surface area contributed by atoms with Gasteiger partial charge in [0.25, 0.3) is 0 Å². The Morgan fingerprint density at radius 2 is 1.23 bits per heavy atom. The minimum absolute atomic E-state index is 0.706. The van der Waals surface area contributed by atoms with Gasteiger partial charge in [0.05, 0.1) is 22.2 Å². The lowest BCUT2D eigenvalue weighted by Gasteiger charge is -2.22. The van der Waals surface area contributed by atoms with Crippen LogP contribution in [0.2, 0.25) is 0 Å². The van der Waals surface area contributed by atoms with E-state index in [-0.39, 0.29) is 0 Å². The van der Waals surface area contributed by atoms with Crippen LogP contribution in [-0.4, -0.2) is 9.13 Å². The Hall–Kier alpha value is -7.88. The van der Waals surface area contributed by atoms with Crippen LogP contribution >= 0.6 is 0 Å². The zero-order valence-corrected chi connectivity index (χ0v) is 35.9. The second-order valence-electron chi connectivity index (χ2n) is 16.8. The molecule has 308 valence electrons. The van der Waals surface area contributed by atoms with Crippen LogP contribution in [0.15, 0.2) is 225 Å². The number of para-hydroxylation sites is 2. The van der Waals surface area contributed by atoms with Crippen molar-refractivity contribution in [3.63, 3.8) is 0 Å². The molecule has 2 heterocycles. The summed E-state index contributed by atoms with van der Waals surface area (Å²) in [5.41, 5.74) is 17.2. The molecule has 0 saturated carbocycles. The van der Waals surface area contributed by atoms with Crippen molar-refractivity contribution in [2.24, 2.45) is 0 Å². The number of nitrogens with one attached hydrogen (secondary N) is 1. The molecule has 2 aromatic heterocycles. The van der Waals surface area contributed by atoms with Crippen molar-refractivity contribution >= 4 is 54.8 Å². The standard InChI is InChI=1S/C61H49N3/c1-2-20-44(45-24-8-4-9-25-45)23-10-5-11-32-57(62-42-43-21-6-3-7-22-43)48-39-49(63-58-33-18-16-30-53(58)55-37-35-46-26-12-14-28-51(46)60(55)63)41-50(40-48)64-59-34-19-17-31-54(59)56-38-36-47-27-13-15-29-52(47)61(56)64/h2-4,6-10,12-35,37,39-41,62H,1,5,11,36,38,42H2/b23-10-,44-20+,57-32-. The number of benzene rings is 8. The maximum atomic E-state index is 3.99. The van der Waals surface area contributed by atoms with Gasteiger partial charge in [0.15, 0.2) is 0 Å². The van der Waals surface area contributed by atoms with E-state index in [0.29, 0.717) is 6.54 Å². The second-order valence-corrected chi connectivity index (χ2v) is 16.8. The van der Waals surface area contributed by atoms with Gasteiger partial charge in [-0.1, -0.05) is 195 Å². The molecule has 0 radical (unpaired) electrons. The normalized spacial score (nSPS) is 12.9. The summed E-state index contributed by atoms with van der Waals surface area (Å²) in [4.78, 5) is 0. The molecule has 64 heavy (non-hydrogen) atoms. The van der Waals surface area contributed by atoms with Crippen molar-refractivity contribution in [1.29, 1.82) is 0 Å². The number of unbranched alkanes of at least 4 members (excludes halogenated alkanes) is 1. The predicted octanol–water partition coefficient (Wildman–Crippen LogP) is 15.4. The minimum Gasteiger partial charge on any atom is -0.381 e. The first-order valence-corrected chi connectivity index (χ1v) is 22.5. The summed E-state index contributed by atoms with van der Waals surface area (Å²) in [7, 11) is 0. The SMILES string of the molecule is C=C/C=C(\C=C/CC/C=C(\NCc1ccccc1)c1cc(-n2c3c(c4ccccc42)CCc2ccccc2-3)cc(-n2c3ccccc3c3ccc4ccccc4c32)c1)c1ccccc1. The van der Waals surface area contributed by atoms with Crippen molar-refractivity contribution in [1.82, 2.24) is 14.5 Å². The number of aromatic nitrogens is 2. The molecular weight excluding hydrogens is 775 g/mol. The van der Waals surface area contributed by atoms with Gasteiger partial charge in [0.2, 0.25) is 0 Å². The molecule has 11 rings (SSSR count). The molecular formula is C61H49N3. The highest BCUT2D eigenvalue weighted by Crippen LogP contribution is 2.43. The lowest BCUT2D eigenvalue weighted by atomic mass is 9.89. The average Bonchev–Trinajstić information content (AvgIpc) is 3.89. The van der Waals surface area contributed by atoms with Crippen molar-refractivity contribution in [3.05, 3.63) is 253 Å². The van der Waals surface area contributed by atoms with Gasteiger partial charge < -0.3 is 14.5 Å². The number of nitrogens with zero attached hydrogens (tertiary/aromatic N) is 2. The third-order valence-corrected chi connectivity index (χ3v) is 12.9. The van der Waals surface area contributed by atoms with E-state index in [1.54, 1.807) is 0 Å². The molecule has 3 nitrogen and oxygen atoms in total. The number of hydrogen-bond donors (Lipinski definition) is 1. The van der Waals surface area contributed by atoms with Crippen molar-refractivity contribution in [3.8, 4) is 22.6 Å². The lowest BCUT2D eigenvalue weighted by molar-refractivity contribution is 0.880. The largest absolute Gasteiger partial charge is 0.381 e. The fourth-order valence-corrected chi connectivity index (χ4v) is 9.97. The van der Waals surface area contributed by atoms with E-state index in [9.17, 15) is 0 Å². The van der Waals surface area contributed by atoms with E-state index in [0.717, 1.165) is 53.9 Å². The van der Waals surface area contributed by atoms with Gasteiger partial charge in [0, 0.05) is 56.3 Å². The van der Waals surface area contributed by atoms with Crippen LogP contribution in [0.3, 0.4) is 0 Å². The third-order valence-electron chi connectivity index (χ3n) is 12.9. The highest BCUT2D eigenvalue weighted by atomic mass is 15.0. The fourth-order valence-electron chi connectivity index (χ4n) is 9.97.